The molecule has 29 heavy (non-hydrogen) atoms. The van der Waals surface area contributed by atoms with E-state index in [1.165, 1.54) is 11.8 Å². The van der Waals surface area contributed by atoms with Gasteiger partial charge in [0.2, 0.25) is 11.8 Å². The van der Waals surface area contributed by atoms with E-state index in [-0.39, 0.29) is 6.61 Å². The van der Waals surface area contributed by atoms with Crippen molar-refractivity contribution in [3.63, 3.8) is 0 Å². The Morgan fingerprint density at radius 3 is 2.31 bits per heavy atom. The second-order valence-electron chi connectivity index (χ2n) is 6.99. The molecule has 0 bridgehead atoms. The number of ether oxygens (including phenoxy) is 1. The highest BCUT2D eigenvalue weighted by molar-refractivity contribution is 5.48. The number of benzene rings is 2. The van der Waals surface area contributed by atoms with Crippen LogP contribution in [0.4, 0.5) is 20.4 Å². The lowest BCUT2D eigenvalue weighted by Crippen LogP contribution is -2.47. The predicted molar refractivity (Wildman–Crippen MR) is 108 cm³/mol. The van der Waals surface area contributed by atoms with Crippen molar-refractivity contribution < 1.29 is 13.5 Å². The zero-order valence-electron chi connectivity index (χ0n) is 16.2. The van der Waals surface area contributed by atoms with Crippen molar-refractivity contribution in [1.29, 1.82) is 0 Å². The molecule has 1 aromatic heterocycles. The number of piperazine rings is 1. The number of hydrogen-bond donors (Lipinski definition) is 0. The molecular formula is C22H22F2N4O. The summed E-state index contributed by atoms with van der Waals surface area (Å²) in [6, 6.07) is 15.8. The predicted octanol–water partition coefficient (Wildman–Crippen LogP) is 3.97. The van der Waals surface area contributed by atoms with E-state index in [4.69, 9.17) is 4.74 Å². The summed E-state index contributed by atoms with van der Waals surface area (Å²) < 4.78 is 32.1. The first-order valence-electron chi connectivity index (χ1n) is 9.56. The molecule has 150 valence electrons. The average Bonchev–Trinajstić information content (AvgIpc) is 2.75. The van der Waals surface area contributed by atoms with Gasteiger partial charge in [0.25, 0.3) is 0 Å². The Morgan fingerprint density at radius 1 is 0.862 bits per heavy atom. The SMILES string of the molecule is Cc1cc(OCc2ccc(F)c(F)c2)nc(N2CCN(c3ccccc3)CC2)n1. The highest BCUT2D eigenvalue weighted by Gasteiger charge is 2.20. The van der Waals surface area contributed by atoms with E-state index < -0.39 is 11.6 Å². The normalized spacial score (nSPS) is 14.2. The Morgan fingerprint density at radius 2 is 1.59 bits per heavy atom. The van der Waals surface area contributed by atoms with Gasteiger partial charge in [0, 0.05) is 43.6 Å². The zero-order valence-corrected chi connectivity index (χ0v) is 16.2. The Balaban J connectivity index is 1.41. The smallest absolute Gasteiger partial charge is 0.228 e. The summed E-state index contributed by atoms with van der Waals surface area (Å²) in [5.41, 5.74) is 2.55. The van der Waals surface area contributed by atoms with Crippen molar-refractivity contribution in [3.05, 3.63) is 77.5 Å². The summed E-state index contributed by atoms with van der Waals surface area (Å²) in [6.07, 6.45) is 0. The van der Waals surface area contributed by atoms with Crippen LogP contribution in [0.1, 0.15) is 11.3 Å². The Bertz CT molecular complexity index is 976. The number of nitrogens with zero attached hydrogens (tertiary/aromatic N) is 4. The van der Waals surface area contributed by atoms with Gasteiger partial charge in [-0.1, -0.05) is 24.3 Å². The fraction of sp³-hybridized carbons (Fsp3) is 0.273. The van der Waals surface area contributed by atoms with Gasteiger partial charge in [-0.2, -0.15) is 4.98 Å². The number of rotatable bonds is 5. The number of anilines is 2. The molecule has 0 saturated carbocycles. The van der Waals surface area contributed by atoms with Gasteiger partial charge in [-0.25, -0.2) is 13.8 Å². The van der Waals surface area contributed by atoms with Crippen LogP contribution < -0.4 is 14.5 Å². The van der Waals surface area contributed by atoms with Crippen molar-refractivity contribution in [3.8, 4) is 5.88 Å². The lowest BCUT2D eigenvalue weighted by molar-refractivity contribution is 0.292. The van der Waals surface area contributed by atoms with E-state index in [9.17, 15) is 8.78 Å². The van der Waals surface area contributed by atoms with Gasteiger partial charge in [-0.3, -0.25) is 0 Å². The maximum absolute atomic E-state index is 13.4. The molecule has 0 spiro atoms. The Hall–Kier alpha value is -3.22. The summed E-state index contributed by atoms with van der Waals surface area (Å²) in [4.78, 5) is 13.5. The summed E-state index contributed by atoms with van der Waals surface area (Å²) in [6.45, 7) is 5.37. The maximum atomic E-state index is 13.4. The van der Waals surface area contributed by atoms with Gasteiger partial charge in [-0.15, -0.1) is 0 Å². The highest BCUT2D eigenvalue weighted by atomic mass is 19.2. The van der Waals surface area contributed by atoms with Crippen LogP contribution in [0.5, 0.6) is 5.88 Å². The molecule has 2 aromatic carbocycles. The standard InChI is InChI=1S/C22H22F2N4O/c1-16-13-21(29-15-17-7-8-19(23)20(24)14-17)26-22(25-16)28-11-9-27(10-12-28)18-5-3-2-4-6-18/h2-8,13-14H,9-12,15H2,1H3. The van der Waals surface area contributed by atoms with Crippen molar-refractivity contribution >= 4 is 11.6 Å². The molecule has 1 aliphatic heterocycles. The maximum Gasteiger partial charge on any atom is 0.228 e. The van der Waals surface area contributed by atoms with E-state index in [0.717, 1.165) is 44.0 Å². The molecule has 3 aromatic rings. The first-order chi connectivity index (χ1) is 14.1. The molecule has 5 nitrogen and oxygen atoms in total. The summed E-state index contributed by atoms with van der Waals surface area (Å²) in [5, 5.41) is 0. The highest BCUT2D eigenvalue weighted by Crippen LogP contribution is 2.21. The van der Waals surface area contributed by atoms with E-state index in [2.05, 4.69) is 31.9 Å². The van der Waals surface area contributed by atoms with Crippen molar-refractivity contribution in [2.24, 2.45) is 0 Å². The molecule has 2 heterocycles. The van der Waals surface area contributed by atoms with Crippen LogP contribution in [-0.4, -0.2) is 36.1 Å². The minimum Gasteiger partial charge on any atom is -0.473 e. The zero-order chi connectivity index (χ0) is 20.2. The van der Waals surface area contributed by atoms with Crippen LogP contribution >= 0.6 is 0 Å². The molecule has 0 amide bonds. The molecule has 7 heteroatoms. The monoisotopic (exact) mass is 396 g/mol. The van der Waals surface area contributed by atoms with Crippen molar-refractivity contribution in [2.45, 2.75) is 13.5 Å². The number of para-hydroxylation sites is 1. The molecule has 1 saturated heterocycles. The van der Waals surface area contributed by atoms with Gasteiger partial charge in [-0.05, 0) is 36.8 Å². The van der Waals surface area contributed by atoms with E-state index in [1.54, 1.807) is 6.07 Å². The van der Waals surface area contributed by atoms with Gasteiger partial charge in [0.15, 0.2) is 11.6 Å². The van der Waals surface area contributed by atoms with Crippen LogP contribution in [-0.2, 0) is 6.61 Å². The molecule has 1 aliphatic rings. The first kappa shape index (κ1) is 19.1. The third-order valence-electron chi connectivity index (χ3n) is 4.87. The van der Waals surface area contributed by atoms with Crippen LogP contribution in [0.25, 0.3) is 0 Å². The summed E-state index contributed by atoms with van der Waals surface area (Å²) in [7, 11) is 0. The van der Waals surface area contributed by atoms with E-state index >= 15 is 0 Å². The molecule has 4 rings (SSSR count). The third-order valence-corrected chi connectivity index (χ3v) is 4.87. The molecule has 1 fully saturated rings. The van der Waals surface area contributed by atoms with E-state index in [1.807, 2.05) is 25.1 Å². The fourth-order valence-corrected chi connectivity index (χ4v) is 3.33. The van der Waals surface area contributed by atoms with Crippen molar-refractivity contribution in [2.75, 3.05) is 36.0 Å². The molecule has 0 aliphatic carbocycles. The van der Waals surface area contributed by atoms with Crippen LogP contribution in [0.3, 0.4) is 0 Å². The minimum absolute atomic E-state index is 0.106. The summed E-state index contributed by atoms with van der Waals surface area (Å²) >= 11 is 0. The summed E-state index contributed by atoms with van der Waals surface area (Å²) in [5.74, 6) is -0.716. The Kier molecular flexibility index (Phi) is 5.55. The molecular weight excluding hydrogens is 374 g/mol. The van der Waals surface area contributed by atoms with Gasteiger partial charge < -0.3 is 14.5 Å². The van der Waals surface area contributed by atoms with Crippen molar-refractivity contribution in [1.82, 2.24) is 9.97 Å². The Labute approximate surface area is 168 Å². The molecule has 0 atom stereocenters. The topological polar surface area (TPSA) is 41.5 Å². The quantitative estimate of drug-likeness (QED) is 0.653. The number of aryl methyl sites for hydroxylation is 1. The lowest BCUT2D eigenvalue weighted by Gasteiger charge is -2.36. The fourth-order valence-electron chi connectivity index (χ4n) is 3.33. The van der Waals surface area contributed by atoms with Crippen LogP contribution in [0.2, 0.25) is 0 Å². The number of hydrogen-bond acceptors (Lipinski definition) is 5. The van der Waals surface area contributed by atoms with Gasteiger partial charge in [0.05, 0.1) is 0 Å². The van der Waals surface area contributed by atoms with Gasteiger partial charge in [0.1, 0.15) is 6.61 Å². The molecule has 0 radical (unpaired) electrons. The minimum atomic E-state index is -0.887. The average molecular weight is 396 g/mol. The molecule has 0 N–H and O–H groups in total. The second-order valence-corrected chi connectivity index (χ2v) is 6.99. The molecule has 0 unspecified atom stereocenters. The number of halogens is 2. The van der Waals surface area contributed by atoms with Crippen LogP contribution in [0.15, 0.2) is 54.6 Å². The second kappa shape index (κ2) is 8.43. The number of aromatic nitrogens is 2. The largest absolute Gasteiger partial charge is 0.473 e. The lowest BCUT2D eigenvalue weighted by atomic mass is 10.2. The first-order valence-corrected chi connectivity index (χ1v) is 9.56. The van der Waals surface area contributed by atoms with Gasteiger partial charge >= 0.3 is 0 Å². The van der Waals surface area contributed by atoms with Crippen LogP contribution in [0, 0.1) is 18.6 Å². The van der Waals surface area contributed by atoms with E-state index in [0.29, 0.717) is 17.4 Å². The third kappa shape index (κ3) is 4.62.